The fraction of sp³-hybridized carbons (Fsp3) is 0.364. The van der Waals surface area contributed by atoms with Gasteiger partial charge in [0.25, 0.3) is 0 Å². The molecule has 0 saturated carbocycles. The van der Waals surface area contributed by atoms with E-state index in [0.717, 1.165) is 30.0 Å². The first-order valence-corrected chi connectivity index (χ1v) is 10.9. The van der Waals surface area contributed by atoms with Crippen LogP contribution in [0.25, 0.3) is 0 Å². The van der Waals surface area contributed by atoms with Crippen molar-refractivity contribution in [2.75, 3.05) is 18.1 Å². The molecule has 2 aliphatic rings. The summed E-state index contributed by atoms with van der Waals surface area (Å²) in [5.74, 6) is -0.771. The van der Waals surface area contributed by atoms with Crippen molar-refractivity contribution in [3.63, 3.8) is 0 Å². The number of para-hydroxylation sites is 1. The van der Waals surface area contributed by atoms with E-state index >= 15 is 0 Å². The minimum Gasteiger partial charge on any atom is -0.270 e. The Balaban J connectivity index is 1.70. The molecule has 0 bridgehead atoms. The van der Waals surface area contributed by atoms with Crippen LogP contribution in [0.1, 0.15) is 37.8 Å². The van der Waals surface area contributed by atoms with Crippen molar-refractivity contribution in [3.05, 3.63) is 64.1 Å². The van der Waals surface area contributed by atoms with Crippen LogP contribution >= 0.6 is 23.2 Å². The Labute approximate surface area is 186 Å². The Kier molecular flexibility index (Phi) is 6.29. The number of amides is 1. The highest BCUT2D eigenvalue weighted by molar-refractivity contribution is 6.40. The topological polar surface area (TPSA) is 59.4 Å². The average Bonchev–Trinajstić information content (AvgIpc) is 3.11. The monoisotopic (exact) mass is 446 g/mol. The molecule has 8 heteroatoms. The summed E-state index contributed by atoms with van der Waals surface area (Å²) in [6.45, 7) is 3.24. The number of hydrogen-bond acceptors (Lipinski definition) is 5. The summed E-state index contributed by atoms with van der Waals surface area (Å²) < 4.78 is 0. The second kappa shape index (κ2) is 8.94. The van der Waals surface area contributed by atoms with E-state index < -0.39 is 5.91 Å². The molecule has 0 spiro atoms. The van der Waals surface area contributed by atoms with Crippen LogP contribution in [0.4, 0.5) is 5.69 Å². The summed E-state index contributed by atoms with van der Waals surface area (Å²) in [5.41, 5.74) is 1.96. The zero-order valence-corrected chi connectivity index (χ0v) is 18.2. The molecular weight excluding hydrogens is 423 g/mol. The van der Waals surface area contributed by atoms with Gasteiger partial charge >= 0.3 is 5.91 Å². The maximum absolute atomic E-state index is 13.2. The van der Waals surface area contributed by atoms with E-state index in [1.807, 2.05) is 49.4 Å². The highest BCUT2D eigenvalue weighted by Gasteiger charge is 2.42. The van der Waals surface area contributed by atoms with Crippen molar-refractivity contribution < 1.29 is 10.0 Å². The molecule has 4 rings (SSSR count). The summed E-state index contributed by atoms with van der Waals surface area (Å²) in [7, 11) is 0. The van der Waals surface area contributed by atoms with Gasteiger partial charge in [-0.05, 0) is 42.7 Å². The van der Waals surface area contributed by atoms with Gasteiger partial charge in [0.1, 0.15) is 5.71 Å². The molecular formula is C22H24Cl2N4O2. The minimum absolute atomic E-state index is 0.254. The molecule has 0 aromatic heterocycles. The van der Waals surface area contributed by atoms with Gasteiger partial charge in [-0.15, -0.1) is 5.17 Å². The lowest BCUT2D eigenvalue weighted by molar-refractivity contribution is -0.235. The van der Waals surface area contributed by atoms with Crippen molar-refractivity contribution in [3.8, 4) is 0 Å². The third-order valence-electron chi connectivity index (χ3n) is 5.70. The summed E-state index contributed by atoms with van der Waals surface area (Å²) in [5, 5.41) is 20.6. The molecule has 1 fully saturated rings. The number of hydrazine groups is 1. The van der Waals surface area contributed by atoms with Crippen LogP contribution in [0.15, 0.2) is 53.6 Å². The van der Waals surface area contributed by atoms with Gasteiger partial charge in [-0.2, -0.15) is 10.1 Å². The van der Waals surface area contributed by atoms with E-state index in [9.17, 15) is 10.0 Å². The van der Waals surface area contributed by atoms with Gasteiger partial charge in [0.05, 0.1) is 16.8 Å². The summed E-state index contributed by atoms with van der Waals surface area (Å²) in [6.07, 6.45) is 3.01. The lowest BCUT2D eigenvalue weighted by Gasteiger charge is -2.32. The lowest BCUT2D eigenvalue weighted by Crippen LogP contribution is -2.50. The maximum atomic E-state index is 13.2. The van der Waals surface area contributed by atoms with E-state index in [1.54, 1.807) is 16.1 Å². The molecule has 2 heterocycles. The van der Waals surface area contributed by atoms with Crippen LogP contribution < -0.4 is 5.01 Å². The van der Waals surface area contributed by atoms with E-state index in [2.05, 4.69) is 5.10 Å². The fourth-order valence-corrected chi connectivity index (χ4v) is 4.45. The Hall–Kier alpha value is -2.12. The second-order valence-electron chi connectivity index (χ2n) is 7.68. The summed E-state index contributed by atoms with van der Waals surface area (Å²) >= 11 is 12.5. The lowest BCUT2D eigenvalue weighted by atomic mass is 9.91. The van der Waals surface area contributed by atoms with Crippen LogP contribution in [0, 0.1) is 5.92 Å². The van der Waals surface area contributed by atoms with Crippen LogP contribution in [0.3, 0.4) is 0 Å². The number of piperidine rings is 1. The molecule has 0 unspecified atom stereocenters. The van der Waals surface area contributed by atoms with Crippen molar-refractivity contribution in [1.29, 1.82) is 0 Å². The number of benzene rings is 2. The Morgan fingerprint density at radius 2 is 1.73 bits per heavy atom. The third kappa shape index (κ3) is 4.05. The standard InChI is InChI=1S/C22H24Cl2N4O2/c1-15-20(22(29)28(30)26-13-5-2-6-14-26)25-27(19-8-4-3-7-18(19)24)21(15)16-9-11-17(23)12-10-16/h3-4,7-12,15,21,30H,2,5-6,13-14H2,1H3/t15-,21+/m0/s1. The van der Waals surface area contributed by atoms with Gasteiger partial charge in [0.15, 0.2) is 0 Å². The van der Waals surface area contributed by atoms with Crippen molar-refractivity contribution in [2.24, 2.45) is 11.0 Å². The predicted octanol–water partition coefficient (Wildman–Crippen LogP) is 5.17. The molecule has 0 radical (unpaired) electrons. The molecule has 0 aliphatic carbocycles. The van der Waals surface area contributed by atoms with Crippen LogP contribution in [-0.4, -0.2) is 40.1 Å². The third-order valence-corrected chi connectivity index (χ3v) is 6.27. The first-order chi connectivity index (χ1) is 14.5. The average molecular weight is 447 g/mol. The smallest absolute Gasteiger partial charge is 0.270 e. The number of carbonyl (C=O) groups excluding carboxylic acids is 1. The van der Waals surface area contributed by atoms with Crippen molar-refractivity contribution in [1.82, 2.24) is 10.2 Å². The van der Waals surface area contributed by atoms with Gasteiger partial charge in [-0.1, -0.05) is 60.8 Å². The zero-order chi connectivity index (χ0) is 21.3. The summed E-state index contributed by atoms with van der Waals surface area (Å²) in [6, 6.07) is 14.6. The zero-order valence-electron chi connectivity index (χ0n) is 16.7. The quantitative estimate of drug-likeness (QED) is 0.519. The molecule has 158 valence electrons. The van der Waals surface area contributed by atoms with E-state index in [-0.39, 0.29) is 12.0 Å². The Morgan fingerprint density at radius 3 is 2.40 bits per heavy atom. The normalized spacial score (nSPS) is 22.1. The summed E-state index contributed by atoms with van der Waals surface area (Å²) in [4.78, 5) is 13.2. The highest BCUT2D eigenvalue weighted by atomic mass is 35.5. The first-order valence-electron chi connectivity index (χ1n) is 10.1. The number of nitrogens with zero attached hydrogens (tertiary/aromatic N) is 4. The van der Waals surface area contributed by atoms with Crippen molar-refractivity contribution >= 4 is 40.5 Å². The van der Waals surface area contributed by atoms with Crippen LogP contribution in [0.2, 0.25) is 10.0 Å². The second-order valence-corrected chi connectivity index (χ2v) is 8.52. The number of rotatable bonds is 4. The fourth-order valence-electron chi connectivity index (χ4n) is 4.10. The van der Waals surface area contributed by atoms with Gasteiger partial charge in [-0.3, -0.25) is 15.0 Å². The molecule has 6 nitrogen and oxygen atoms in total. The Bertz CT molecular complexity index is 944. The minimum atomic E-state index is -0.502. The van der Waals surface area contributed by atoms with Gasteiger partial charge < -0.3 is 0 Å². The van der Waals surface area contributed by atoms with Crippen molar-refractivity contribution in [2.45, 2.75) is 32.2 Å². The molecule has 2 aliphatic heterocycles. The number of hydrogen-bond donors (Lipinski definition) is 1. The number of hydrazone groups is 1. The molecule has 1 N–H and O–H groups in total. The first kappa shape index (κ1) is 21.1. The maximum Gasteiger partial charge on any atom is 0.309 e. The SMILES string of the molecule is C[C@H]1C(C(=O)N(O)N2CCCCC2)=NN(c2ccccc2Cl)[C@H]1c1ccc(Cl)cc1. The van der Waals surface area contributed by atoms with Crippen LogP contribution in [0.5, 0.6) is 0 Å². The molecule has 2 aromatic rings. The van der Waals surface area contributed by atoms with Gasteiger partial charge in [0.2, 0.25) is 0 Å². The number of carbonyl (C=O) groups is 1. The Morgan fingerprint density at radius 1 is 1.07 bits per heavy atom. The van der Waals surface area contributed by atoms with E-state index in [1.165, 1.54) is 0 Å². The number of halogens is 2. The highest BCUT2D eigenvalue weighted by Crippen LogP contribution is 2.42. The van der Waals surface area contributed by atoms with E-state index in [4.69, 9.17) is 23.2 Å². The molecule has 2 atom stereocenters. The molecule has 1 amide bonds. The van der Waals surface area contributed by atoms with E-state index in [0.29, 0.717) is 34.5 Å². The predicted molar refractivity (Wildman–Crippen MR) is 119 cm³/mol. The number of anilines is 1. The molecule has 1 saturated heterocycles. The molecule has 2 aromatic carbocycles. The van der Waals surface area contributed by atoms with Crippen LogP contribution in [-0.2, 0) is 4.79 Å². The molecule has 30 heavy (non-hydrogen) atoms. The van der Waals surface area contributed by atoms with Gasteiger partial charge in [0, 0.05) is 24.0 Å². The van der Waals surface area contributed by atoms with Gasteiger partial charge in [-0.25, -0.2) is 0 Å². The number of hydroxylamine groups is 1. The largest absolute Gasteiger partial charge is 0.309 e.